The van der Waals surface area contributed by atoms with Crippen LogP contribution >= 0.6 is 0 Å². The summed E-state index contributed by atoms with van der Waals surface area (Å²) in [5, 5.41) is 18.4. The largest absolute Gasteiger partial charge is 0.391 e. The summed E-state index contributed by atoms with van der Waals surface area (Å²) in [6, 6.07) is 12.0. The van der Waals surface area contributed by atoms with Gasteiger partial charge in [-0.2, -0.15) is 5.26 Å². The standard InChI is InChI=1S/C13H17NO/c1-13(2,12(15)8-9-14)10-11-6-4-3-5-7-11/h3-7,12,15H,8,10H2,1-2H3/t12-/m0/s1. The van der Waals surface area contributed by atoms with Crippen molar-refractivity contribution in [3.63, 3.8) is 0 Å². The van der Waals surface area contributed by atoms with Crippen molar-refractivity contribution in [3.8, 4) is 6.07 Å². The summed E-state index contributed by atoms with van der Waals surface area (Å²) >= 11 is 0. The summed E-state index contributed by atoms with van der Waals surface area (Å²) in [7, 11) is 0. The van der Waals surface area contributed by atoms with Crippen LogP contribution in [0.2, 0.25) is 0 Å². The molecule has 0 amide bonds. The number of rotatable bonds is 4. The molecule has 0 aliphatic rings. The molecule has 0 aliphatic carbocycles. The van der Waals surface area contributed by atoms with Crippen LogP contribution in [0.4, 0.5) is 0 Å². The zero-order valence-corrected chi connectivity index (χ0v) is 9.27. The van der Waals surface area contributed by atoms with Gasteiger partial charge in [0.1, 0.15) is 0 Å². The fourth-order valence-corrected chi connectivity index (χ4v) is 1.60. The van der Waals surface area contributed by atoms with E-state index in [1.165, 1.54) is 5.56 Å². The maximum atomic E-state index is 9.82. The third-order valence-corrected chi connectivity index (χ3v) is 2.69. The molecule has 1 aromatic rings. The van der Waals surface area contributed by atoms with Crippen molar-refractivity contribution in [1.82, 2.24) is 0 Å². The van der Waals surface area contributed by atoms with Gasteiger partial charge in [-0.15, -0.1) is 0 Å². The first kappa shape index (κ1) is 11.7. The molecule has 0 saturated carbocycles. The quantitative estimate of drug-likeness (QED) is 0.817. The summed E-state index contributed by atoms with van der Waals surface area (Å²) in [5.41, 5.74) is 0.941. The molecule has 15 heavy (non-hydrogen) atoms. The molecule has 0 saturated heterocycles. The van der Waals surface area contributed by atoms with Gasteiger partial charge in [-0.25, -0.2) is 0 Å². The van der Waals surface area contributed by atoms with Crippen molar-refractivity contribution in [3.05, 3.63) is 35.9 Å². The molecule has 0 heterocycles. The van der Waals surface area contributed by atoms with Gasteiger partial charge in [0.05, 0.1) is 18.6 Å². The molecule has 1 N–H and O–H groups in total. The normalized spacial score (nSPS) is 13.2. The zero-order valence-electron chi connectivity index (χ0n) is 9.27. The highest BCUT2D eigenvalue weighted by molar-refractivity contribution is 5.16. The van der Waals surface area contributed by atoms with E-state index in [-0.39, 0.29) is 11.8 Å². The van der Waals surface area contributed by atoms with Gasteiger partial charge in [0.25, 0.3) is 0 Å². The summed E-state index contributed by atoms with van der Waals surface area (Å²) < 4.78 is 0. The van der Waals surface area contributed by atoms with E-state index in [4.69, 9.17) is 5.26 Å². The second-order valence-electron chi connectivity index (χ2n) is 4.53. The summed E-state index contributed by atoms with van der Waals surface area (Å²) in [6.45, 7) is 3.98. The number of hydrogen-bond acceptors (Lipinski definition) is 2. The van der Waals surface area contributed by atoms with Crippen molar-refractivity contribution >= 4 is 0 Å². The van der Waals surface area contributed by atoms with Gasteiger partial charge in [-0.3, -0.25) is 0 Å². The Kier molecular flexibility index (Phi) is 3.88. The molecule has 0 bridgehead atoms. The number of benzene rings is 1. The number of hydrogen-bond donors (Lipinski definition) is 1. The van der Waals surface area contributed by atoms with Crippen LogP contribution in [-0.4, -0.2) is 11.2 Å². The van der Waals surface area contributed by atoms with E-state index in [9.17, 15) is 5.11 Å². The van der Waals surface area contributed by atoms with E-state index in [0.717, 1.165) is 6.42 Å². The Morgan fingerprint density at radius 1 is 1.33 bits per heavy atom. The van der Waals surface area contributed by atoms with E-state index < -0.39 is 6.10 Å². The van der Waals surface area contributed by atoms with Crippen LogP contribution in [0.3, 0.4) is 0 Å². The SMILES string of the molecule is CC(C)(Cc1ccccc1)[C@@H](O)CC#N. The summed E-state index contributed by atoms with van der Waals surface area (Å²) in [6.07, 6.45) is 0.416. The smallest absolute Gasteiger partial charge is 0.0724 e. The minimum absolute atomic E-state index is 0.194. The second-order valence-corrected chi connectivity index (χ2v) is 4.53. The van der Waals surface area contributed by atoms with E-state index >= 15 is 0 Å². The van der Waals surface area contributed by atoms with E-state index in [1.807, 2.05) is 50.2 Å². The molecule has 2 heteroatoms. The van der Waals surface area contributed by atoms with Gasteiger partial charge in [0, 0.05) is 0 Å². The monoisotopic (exact) mass is 203 g/mol. The Hall–Kier alpha value is -1.33. The van der Waals surface area contributed by atoms with Crippen LogP contribution in [0.5, 0.6) is 0 Å². The zero-order chi connectivity index (χ0) is 11.3. The highest BCUT2D eigenvalue weighted by Crippen LogP contribution is 2.27. The topological polar surface area (TPSA) is 44.0 Å². The lowest BCUT2D eigenvalue weighted by Gasteiger charge is -2.29. The van der Waals surface area contributed by atoms with E-state index in [0.29, 0.717) is 0 Å². The van der Waals surface area contributed by atoms with Gasteiger partial charge >= 0.3 is 0 Å². The Labute approximate surface area is 91.2 Å². The number of nitrogens with zero attached hydrogens (tertiary/aromatic N) is 1. The van der Waals surface area contributed by atoms with Gasteiger partial charge in [0.2, 0.25) is 0 Å². The molecule has 1 rings (SSSR count). The van der Waals surface area contributed by atoms with Crippen LogP contribution in [0, 0.1) is 16.7 Å². The van der Waals surface area contributed by atoms with Crippen LogP contribution in [0.1, 0.15) is 25.8 Å². The van der Waals surface area contributed by atoms with Crippen molar-refractivity contribution in [2.75, 3.05) is 0 Å². The molecule has 0 fully saturated rings. The first-order chi connectivity index (χ1) is 7.06. The van der Waals surface area contributed by atoms with E-state index in [1.54, 1.807) is 0 Å². The Bertz CT molecular complexity index is 337. The average molecular weight is 203 g/mol. The van der Waals surface area contributed by atoms with Crippen LogP contribution in [-0.2, 0) is 6.42 Å². The third kappa shape index (κ3) is 3.38. The lowest BCUT2D eigenvalue weighted by atomic mass is 9.79. The molecule has 80 valence electrons. The molecule has 1 aromatic carbocycles. The van der Waals surface area contributed by atoms with Crippen molar-refractivity contribution in [1.29, 1.82) is 5.26 Å². The fraction of sp³-hybridized carbons (Fsp3) is 0.462. The van der Waals surface area contributed by atoms with Crippen LogP contribution in [0.15, 0.2) is 30.3 Å². The first-order valence-electron chi connectivity index (χ1n) is 5.15. The van der Waals surface area contributed by atoms with Crippen LogP contribution in [0.25, 0.3) is 0 Å². The van der Waals surface area contributed by atoms with Gasteiger partial charge < -0.3 is 5.11 Å². The number of aliphatic hydroxyl groups excluding tert-OH is 1. The number of aliphatic hydroxyl groups is 1. The molecule has 0 radical (unpaired) electrons. The predicted molar refractivity (Wildman–Crippen MR) is 60.2 cm³/mol. The van der Waals surface area contributed by atoms with Crippen LogP contribution < -0.4 is 0 Å². The molecule has 0 aliphatic heterocycles. The third-order valence-electron chi connectivity index (χ3n) is 2.69. The predicted octanol–water partition coefficient (Wildman–Crippen LogP) is 2.53. The second kappa shape index (κ2) is 4.95. The fourth-order valence-electron chi connectivity index (χ4n) is 1.60. The number of nitriles is 1. The molecule has 1 atom stereocenters. The molecule has 0 unspecified atom stereocenters. The van der Waals surface area contributed by atoms with Crippen molar-refractivity contribution in [2.45, 2.75) is 32.8 Å². The van der Waals surface area contributed by atoms with Gasteiger partial charge in [-0.1, -0.05) is 44.2 Å². The van der Waals surface area contributed by atoms with Crippen molar-refractivity contribution in [2.24, 2.45) is 5.41 Å². The van der Waals surface area contributed by atoms with Crippen molar-refractivity contribution < 1.29 is 5.11 Å². The van der Waals surface area contributed by atoms with Gasteiger partial charge in [0.15, 0.2) is 0 Å². The molecular weight excluding hydrogens is 186 g/mol. The molecule has 0 spiro atoms. The Balaban J connectivity index is 2.68. The molecule has 0 aromatic heterocycles. The molecular formula is C13H17NO. The Morgan fingerprint density at radius 2 is 1.93 bits per heavy atom. The highest BCUT2D eigenvalue weighted by Gasteiger charge is 2.27. The summed E-state index contributed by atoms with van der Waals surface area (Å²) in [4.78, 5) is 0. The van der Waals surface area contributed by atoms with Gasteiger partial charge in [-0.05, 0) is 17.4 Å². The maximum absolute atomic E-state index is 9.82. The maximum Gasteiger partial charge on any atom is 0.0724 e. The average Bonchev–Trinajstić information content (AvgIpc) is 2.19. The first-order valence-corrected chi connectivity index (χ1v) is 5.15. The lowest BCUT2D eigenvalue weighted by molar-refractivity contribution is 0.0544. The minimum atomic E-state index is -0.567. The molecule has 2 nitrogen and oxygen atoms in total. The Morgan fingerprint density at radius 3 is 2.47 bits per heavy atom. The van der Waals surface area contributed by atoms with E-state index in [2.05, 4.69) is 0 Å². The highest BCUT2D eigenvalue weighted by atomic mass is 16.3. The lowest BCUT2D eigenvalue weighted by Crippen LogP contribution is -2.31. The summed E-state index contributed by atoms with van der Waals surface area (Å²) in [5.74, 6) is 0. The minimum Gasteiger partial charge on any atom is -0.391 e.